The predicted octanol–water partition coefficient (Wildman–Crippen LogP) is 3.75. The molecule has 2 aromatic rings. The fraction of sp³-hybridized carbons (Fsp3) is 0.500. The number of morpholine rings is 1. The molecule has 2 atom stereocenters. The van der Waals surface area contributed by atoms with Crippen molar-refractivity contribution in [3.63, 3.8) is 0 Å². The van der Waals surface area contributed by atoms with Crippen molar-refractivity contribution in [1.29, 1.82) is 0 Å². The number of carbonyl (C=O) groups excluding carboxylic acids is 1. The molecule has 0 spiro atoms. The van der Waals surface area contributed by atoms with Gasteiger partial charge in [0.2, 0.25) is 11.8 Å². The lowest BCUT2D eigenvalue weighted by molar-refractivity contribution is -0.146. The van der Waals surface area contributed by atoms with Crippen LogP contribution in [0.25, 0.3) is 5.69 Å². The highest BCUT2D eigenvalue weighted by Crippen LogP contribution is 2.36. The second-order valence-corrected chi connectivity index (χ2v) is 8.14. The topological polar surface area (TPSA) is 56.6 Å². The Balaban J connectivity index is 1.37. The molecule has 2 aliphatic rings. The number of benzene rings is 1. The van der Waals surface area contributed by atoms with Gasteiger partial charge in [0.25, 0.3) is 0 Å². The average Bonchev–Trinajstić information content (AvgIpc) is 3.04. The number of amides is 1. The molecular formula is C20H23Cl2N3O3. The summed E-state index contributed by atoms with van der Waals surface area (Å²) in [4.78, 5) is 14.6. The summed E-state index contributed by atoms with van der Waals surface area (Å²) in [5.74, 6) is 1.08. The highest BCUT2D eigenvalue weighted by atomic mass is 35.5. The van der Waals surface area contributed by atoms with Crippen molar-refractivity contribution in [2.45, 2.75) is 19.8 Å². The van der Waals surface area contributed by atoms with Crippen LogP contribution >= 0.6 is 23.2 Å². The first-order valence-electron chi connectivity index (χ1n) is 9.54. The van der Waals surface area contributed by atoms with E-state index in [2.05, 4.69) is 5.10 Å². The predicted molar refractivity (Wildman–Crippen MR) is 107 cm³/mol. The van der Waals surface area contributed by atoms with Crippen LogP contribution in [0.15, 0.2) is 24.3 Å². The number of halogens is 2. The molecule has 8 heteroatoms. The van der Waals surface area contributed by atoms with Gasteiger partial charge in [0.05, 0.1) is 35.6 Å². The Labute approximate surface area is 174 Å². The first kappa shape index (κ1) is 19.6. The number of nitrogens with zero attached hydrogens (tertiary/aromatic N) is 3. The van der Waals surface area contributed by atoms with Crippen molar-refractivity contribution >= 4 is 29.1 Å². The molecule has 28 heavy (non-hydrogen) atoms. The Kier molecular flexibility index (Phi) is 5.80. The summed E-state index contributed by atoms with van der Waals surface area (Å²) in [7, 11) is 0. The summed E-state index contributed by atoms with van der Waals surface area (Å²) >= 11 is 12.1. The first-order chi connectivity index (χ1) is 13.5. The summed E-state index contributed by atoms with van der Waals surface area (Å²) < 4.78 is 13.0. The monoisotopic (exact) mass is 423 g/mol. The maximum Gasteiger partial charge on any atom is 0.233 e. The fourth-order valence-electron chi connectivity index (χ4n) is 3.70. The second-order valence-electron chi connectivity index (χ2n) is 7.33. The number of hydrogen-bond donors (Lipinski definition) is 0. The number of aryl methyl sites for hydroxylation is 1. The van der Waals surface area contributed by atoms with Crippen molar-refractivity contribution < 1.29 is 14.3 Å². The second kappa shape index (κ2) is 8.31. The van der Waals surface area contributed by atoms with E-state index in [1.54, 1.807) is 16.8 Å². The lowest BCUT2D eigenvalue weighted by atomic mass is 9.73. The average molecular weight is 424 g/mol. The van der Waals surface area contributed by atoms with Gasteiger partial charge in [-0.1, -0.05) is 23.2 Å². The number of carbonyl (C=O) groups is 1. The van der Waals surface area contributed by atoms with Crippen LogP contribution in [0.4, 0.5) is 0 Å². The Morgan fingerprint density at radius 3 is 2.68 bits per heavy atom. The molecule has 1 aliphatic heterocycles. The minimum Gasteiger partial charge on any atom is -0.476 e. The van der Waals surface area contributed by atoms with Gasteiger partial charge >= 0.3 is 0 Å². The summed E-state index contributed by atoms with van der Waals surface area (Å²) in [6.45, 7) is 5.09. The zero-order valence-corrected chi connectivity index (χ0v) is 17.2. The van der Waals surface area contributed by atoms with E-state index in [0.717, 1.165) is 24.2 Å². The molecule has 1 aliphatic carbocycles. The number of rotatable bonds is 5. The Morgan fingerprint density at radius 2 is 2.00 bits per heavy atom. The maximum atomic E-state index is 12.7. The van der Waals surface area contributed by atoms with Crippen LogP contribution in [0.5, 0.6) is 5.88 Å². The van der Waals surface area contributed by atoms with Gasteiger partial charge in [0.15, 0.2) is 0 Å². The highest BCUT2D eigenvalue weighted by molar-refractivity contribution is 6.42. The molecule has 6 nitrogen and oxygen atoms in total. The van der Waals surface area contributed by atoms with Crippen LogP contribution in [0, 0.1) is 18.8 Å². The first-order valence-corrected chi connectivity index (χ1v) is 10.3. The van der Waals surface area contributed by atoms with Gasteiger partial charge in [-0.25, -0.2) is 4.68 Å². The number of ether oxygens (including phenoxy) is 2. The molecule has 1 saturated heterocycles. The molecule has 150 valence electrons. The van der Waals surface area contributed by atoms with Crippen LogP contribution in [-0.4, -0.2) is 53.5 Å². The molecule has 1 amide bonds. The van der Waals surface area contributed by atoms with Crippen molar-refractivity contribution in [3.05, 3.63) is 40.0 Å². The zero-order chi connectivity index (χ0) is 19.7. The SMILES string of the molecule is Cc1cc(OC[C@@H]2CC[C@@H]2C(=O)N2CCOCC2)nn1-c1ccc(Cl)c(Cl)c1. The third kappa shape index (κ3) is 4.00. The largest absolute Gasteiger partial charge is 0.476 e. The highest BCUT2D eigenvalue weighted by Gasteiger charge is 2.39. The van der Waals surface area contributed by atoms with Crippen LogP contribution in [0.1, 0.15) is 18.5 Å². The van der Waals surface area contributed by atoms with E-state index in [9.17, 15) is 4.79 Å². The van der Waals surface area contributed by atoms with Gasteiger partial charge in [-0.2, -0.15) is 0 Å². The standard InChI is InChI=1S/C20H23Cl2N3O3/c1-13-10-19(23-25(13)15-3-5-17(21)18(22)11-15)28-12-14-2-4-16(14)20(26)24-6-8-27-9-7-24/h3,5,10-11,14,16H,2,4,6-9,12H2,1H3/t14-,16-/m0/s1. The van der Waals surface area contributed by atoms with E-state index in [-0.39, 0.29) is 17.7 Å². The Bertz CT molecular complexity index is 864. The lowest BCUT2D eigenvalue weighted by Gasteiger charge is -2.39. The normalized spacial score (nSPS) is 22.0. The molecule has 0 N–H and O–H groups in total. The Hall–Kier alpha value is -1.76. The molecule has 0 radical (unpaired) electrons. The van der Waals surface area contributed by atoms with Crippen molar-refractivity contribution in [2.24, 2.45) is 11.8 Å². The zero-order valence-electron chi connectivity index (χ0n) is 15.7. The molecule has 1 aromatic heterocycles. The van der Waals surface area contributed by atoms with Gasteiger partial charge in [0, 0.05) is 36.7 Å². The summed E-state index contributed by atoms with van der Waals surface area (Å²) in [5.41, 5.74) is 1.76. The van der Waals surface area contributed by atoms with Crippen molar-refractivity contribution in [3.8, 4) is 11.6 Å². The maximum absolute atomic E-state index is 12.7. The van der Waals surface area contributed by atoms with Gasteiger partial charge in [-0.15, -0.1) is 5.10 Å². The lowest BCUT2D eigenvalue weighted by Crippen LogP contribution is -2.49. The minimum absolute atomic E-state index is 0.0522. The van der Waals surface area contributed by atoms with E-state index in [0.29, 0.717) is 48.8 Å². The van der Waals surface area contributed by atoms with E-state index >= 15 is 0 Å². The molecule has 0 bridgehead atoms. The molecule has 1 saturated carbocycles. The van der Waals surface area contributed by atoms with E-state index in [4.69, 9.17) is 32.7 Å². The van der Waals surface area contributed by atoms with E-state index < -0.39 is 0 Å². The molecule has 4 rings (SSSR count). The van der Waals surface area contributed by atoms with Gasteiger partial charge in [0.1, 0.15) is 0 Å². The summed E-state index contributed by atoms with van der Waals surface area (Å²) in [6.07, 6.45) is 1.94. The summed E-state index contributed by atoms with van der Waals surface area (Å²) in [5, 5.41) is 5.51. The summed E-state index contributed by atoms with van der Waals surface area (Å²) in [6, 6.07) is 7.27. The molecule has 2 heterocycles. The van der Waals surface area contributed by atoms with Crippen LogP contribution in [-0.2, 0) is 9.53 Å². The van der Waals surface area contributed by atoms with Crippen LogP contribution < -0.4 is 4.74 Å². The smallest absolute Gasteiger partial charge is 0.233 e. The third-order valence-corrected chi connectivity index (χ3v) is 6.25. The van der Waals surface area contributed by atoms with Gasteiger partial charge in [-0.3, -0.25) is 4.79 Å². The fourth-order valence-corrected chi connectivity index (χ4v) is 3.99. The van der Waals surface area contributed by atoms with Crippen LogP contribution in [0.3, 0.4) is 0 Å². The molecule has 1 aromatic carbocycles. The minimum atomic E-state index is 0.0522. The quantitative estimate of drug-likeness (QED) is 0.734. The van der Waals surface area contributed by atoms with E-state index in [1.807, 2.05) is 24.0 Å². The van der Waals surface area contributed by atoms with Crippen LogP contribution in [0.2, 0.25) is 10.0 Å². The van der Waals surface area contributed by atoms with Gasteiger partial charge < -0.3 is 14.4 Å². The molecular weight excluding hydrogens is 401 g/mol. The van der Waals surface area contributed by atoms with Crippen molar-refractivity contribution in [2.75, 3.05) is 32.9 Å². The number of aromatic nitrogens is 2. The third-order valence-electron chi connectivity index (χ3n) is 5.52. The Morgan fingerprint density at radius 1 is 1.21 bits per heavy atom. The van der Waals surface area contributed by atoms with Crippen molar-refractivity contribution in [1.82, 2.24) is 14.7 Å². The molecule has 0 unspecified atom stereocenters. The molecule has 2 fully saturated rings. The van der Waals surface area contributed by atoms with E-state index in [1.165, 1.54) is 0 Å². The number of hydrogen-bond acceptors (Lipinski definition) is 4. The van der Waals surface area contributed by atoms with Gasteiger partial charge in [-0.05, 0) is 38.0 Å².